The van der Waals surface area contributed by atoms with Gasteiger partial charge in [-0.25, -0.2) is 19.9 Å². The van der Waals surface area contributed by atoms with Gasteiger partial charge < -0.3 is 0 Å². The summed E-state index contributed by atoms with van der Waals surface area (Å²) in [6.07, 6.45) is 1.97. The van der Waals surface area contributed by atoms with Gasteiger partial charge >= 0.3 is 0 Å². The van der Waals surface area contributed by atoms with Crippen molar-refractivity contribution in [3.8, 4) is 33.9 Å². The summed E-state index contributed by atoms with van der Waals surface area (Å²) >= 11 is 0. The Morgan fingerprint density at radius 2 is 0.932 bits per heavy atom. The van der Waals surface area contributed by atoms with Crippen LogP contribution in [-0.2, 0) is 0 Å². The van der Waals surface area contributed by atoms with Gasteiger partial charge in [-0.2, -0.15) is 0 Å². The van der Waals surface area contributed by atoms with E-state index in [9.17, 15) is 0 Å². The van der Waals surface area contributed by atoms with Gasteiger partial charge in [-0.05, 0) is 57.3 Å². The lowest BCUT2D eigenvalue weighted by Gasteiger charge is -2.13. The molecule has 0 amide bonds. The standard InChI is InChI=1S/C40H24N4/c1-3-11-25(12-4-1)37-38(26-13-5-2-6-14-26)43-36-23-29(19-20-35(36)42-37)40-41-24-34-31-18-10-9-17-30(31)32-21-27-15-7-8-16-28(27)22-33(32)39(34)44-40/h1-24H. The first-order chi connectivity index (χ1) is 21.8. The summed E-state index contributed by atoms with van der Waals surface area (Å²) < 4.78 is 0. The Bertz CT molecular complexity index is 2540. The highest BCUT2D eigenvalue weighted by molar-refractivity contribution is 6.26. The summed E-state index contributed by atoms with van der Waals surface area (Å²) in [5.41, 5.74) is 7.27. The van der Waals surface area contributed by atoms with E-state index in [0.717, 1.165) is 60.8 Å². The van der Waals surface area contributed by atoms with Crippen molar-refractivity contribution in [2.24, 2.45) is 0 Å². The largest absolute Gasteiger partial charge is 0.244 e. The molecule has 0 fully saturated rings. The number of nitrogens with zero attached hydrogens (tertiary/aromatic N) is 4. The average Bonchev–Trinajstić information content (AvgIpc) is 3.11. The van der Waals surface area contributed by atoms with Crippen LogP contribution < -0.4 is 0 Å². The molecule has 0 aliphatic carbocycles. The molecule has 9 rings (SSSR count). The van der Waals surface area contributed by atoms with E-state index in [-0.39, 0.29) is 0 Å². The van der Waals surface area contributed by atoms with E-state index in [2.05, 4.69) is 91.0 Å². The number of hydrogen-bond acceptors (Lipinski definition) is 4. The molecular weight excluding hydrogens is 536 g/mol. The minimum absolute atomic E-state index is 0.666. The van der Waals surface area contributed by atoms with Crippen molar-refractivity contribution in [1.82, 2.24) is 19.9 Å². The summed E-state index contributed by atoms with van der Waals surface area (Å²) in [7, 11) is 0. The molecule has 0 radical (unpaired) electrons. The van der Waals surface area contributed by atoms with Crippen molar-refractivity contribution < 1.29 is 0 Å². The van der Waals surface area contributed by atoms with Crippen LogP contribution in [0.2, 0.25) is 0 Å². The number of rotatable bonds is 3. The van der Waals surface area contributed by atoms with Crippen LogP contribution in [0.25, 0.3) is 88.2 Å². The average molecular weight is 561 g/mol. The monoisotopic (exact) mass is 560 g/mol. The SMILES string of the molecule is c1ccc(-c2nc3ccc(-c4ncc5c6ccccc6c6cc7ccccc7cc6c5n4)cc3nc2-c2ccccc2)cc1. The van der Waals surface area contributed by atoms with E-state index < -0.39 is 0 Å². The Morgan fingerprint density at radius 1 is 0.364 bits per heavy atom. The number of aromatic nitrogens is 4. The molecule has 0 saturated heterocycles. The quantitative estimate of drug-likeness (QED) is 0.159. The molecule has 0 unspecified atom stereocenters. The molecule has 204 valence electrons. The van der Waals surface area contributed by atoms with Crippen LogP contribution >= 0.6 is 0 Å². The van der Waals surface area contributed by atoms with Crippen LogP contribution in [-0.4, -0.2) is 19.9 Å². The van der Waals surface area contributed by atoms with Crippen molar-refractivity contribution in [1.29, 1.82) is 0 Å². The van der Waals surface area contributed by atoms with E-state index >= 15 is 0 Å². The van der Waals surface area contributed by atoms with Crippen molar-refractivity contribution in [2.75, 3.05) is 0 Å². The van der Waals surface area contributed by atoms with Crippen LogP contribution in [0, 0.1) is 0 Å². The molecule has 0 N–H and O–H groups in total. The van der Waals surface area contributed by atoms with Crippen molar-refractivity contribution >= 4 is 54.3 Å². The molecule has 2 aromatic heterocycles. The van der Waals surface area contributed by atoms with Gasteiger partial charge in [-0.15, -0.1) is 0 Å². The summed E-state index contributed by atoms with van der Waals surface area (Å²) in [5.74, 6) is 0.666. The molecule has 0 atom stereocenters. The fourth-order valence-electron chi connectivity index (χ4n) is 6.32. The topological polar surface area (TPSA) is 51.6 Å². The first-order valence-electron chi connectivity index (χ1n) is 14.7. The normalized spacial score (nSPS) is 11.6. The number of fused-ring (bicyclic) bond motifs is 8. The molecule has 4 nitrogen and oxygen atoms in total. The van der Waals surface area contributed by atoms with Gasteiger partial charge in [0.25, 0.3) is 0 Å². The third-order valence-corrected chi connectivity index (χ3v) is 8.45. The maximum Gasteiger partial charge on any atom is 0.159 e. The van der Waals surface area contributed by atoms with Gasteiger partial charge in [-0.1, -0.05) is 109 Å². The van der Waals surface area contributed by atoms with Gasteiger partial charge in [0.15, 0.2) is 5.82 Å². The van der Waals surface area contributed by atoms with Crippen molar-refractivity contribution in [3.63, 3.8) is 0 Å². The van der Waals surface area contributed by atoms with Gasteiger partial charge in [0, 0.05) is 33.7 Å². The van der Waals surface area contributed by atoms with E-state index in [0.29, 0.717) is 5.82 Å². The van der Waals surface area contributed by atoms with Crippen LogP contribution in [0.4, 0.5) is 0 Å². The summed E-state index contributed by atoms with van der Waals surface area (Å²) in [6.45, 7) is 0. The molecule has 4 heteroatoms. The van der Waals surface area contributed by atoms with Gasteiger partial charge in [0.1, 0.15) is 0 Å². The van der Waals surface area contributed by atoms with E-state index in [4.69, 9.17) is 19.9 Å². The van der Waals surface area contributed by atoms with E-state index in [1.165, 1.54) is 21.5 Å². The maximum absolute atomic E-state index is 5.22. The molecule has 0 aliphatic rings. The molecule has 2 heterocycles. The smallest absolute Gasteiger partial charge is 0.159 e. The third-order valence-electron chi connectivity index (χ3n) is 8.45. The molecule has 0 spiro atoms. The third kappa shape index (κ3) is 3.92. The minimum atomic E-state index is 0.666. The Labute approximate surface area is 253 Å². The second-order valence-electron chi connectivity index (χ2n) is 11.1. The fourth-order valence-corrected chi connectivity index (χ4v) is 6.32. The highest BCUT2D eigenvalue weighted by Gasteiger charge is 2.16. The van der Waals surface area contributed by atoms with Crippen molar-refractivity contribution in [2.45, 2.75) is 0 Å². The van der Waals surface area contributed by atoms with Crippen LogP contribution in [0.3, 0.4) is 0 Å². The Morgan fingerprint density at radius 3 is 1.61 bits per heavy atom. The van der Waals surface area contributed by atoms with E-state index in [1.807, 2.05) is 54.7 Å². The molecule has 9 aromatic rings. The van der Waals surface area contributed by atoms with E-state index in [1.54, 1.807) is 0 Å². The minimum Gasteiger partial charge on any atom is -0.244 e. The Hall–Kier alpha value is -6.00. The molecular formula is C40H24N4. The maximum atomic E-state index is 5.22. The molecule has 0 bridgehead atoms. The summed E-state index contributed by atoms with van der Waals surface area (Å²) in [6, 6.07) is 48.2. The number of hydrogen-bond donors (Lipinski definition) is 0. The zero-order chi connectivity index (χ0) is 29.0. The fraction of sp³-hybridized carbons (Fsp3) is 0. The molecule has 0 aliphatic heterocycles. The Balaban J connectivity index is 1.27. The van der Waals surface area contributed by atoms with Crippen molar-refractivity contribution in [3.05, 3.63) is 146 Å². The van der Waals surface area contributed by atoms with Gasteiger partial charge in [-0.3, -0.25) is 0 Å². The zero-order valence-electron chi connectivity index (χ0n) is 23.6. The first kappa shape index (κ1) is 24.6. The Kier molecular flexibility index (Phi) is 5.47. The lowest BCUT2D eigenvalue weighted by molar-refractivity contribution is 1.23. The molecule has 7 aromatic carbocycles. The van der Waals surface area contributed by atoms with Crippen LogP contribution in [0.5, 0.6) is 0 Å². The molecule has 0 saturated carbocycles. The molecule has 44 heavy (non-hydrogen) atoms. The number of benzene rings is 7. The predicted molar refractivity (Wildman–Crippen MR) is 181 cm³/mol. The van der Waals surface area contributed by atoms with Crippen LogP contribution in [0.1, 0.15) is 0 Å². The lowest BCUT2D eigenvalue weighted by atomic mass is 9.95. The second kappa shape index (κ2) is 9.79. The first-order valence-corrected chi connectivity index (χ1v) is 14.7. The van der Waals surface area contributed by atoms with Gasteiger partial charge in [0.2, 0.25) is 0 Å². The highest BCUT2D eigenvalue weighted by Crippen LogP contribution is 2.37. The summed E-state index contributed by atoms with van der Waals surface area (Å²) in [5, 5.41) is 8.15. The zero-order valence-corrected chi connectivity index (χ0v) is 23.6. The van der Waals surface area contributed by atoms with Crippen LogP contribution in [0.15, 0.2) is 146 Å². The summed E-state index contributed by atoms with van der Waals surface area (Å²) in [4.78, 5) is 20.4. The predicted octanol–water partition coefficient (Wildman–Crippen LogP) is 10.0. The lowest BCUT2D eigenvalue weighted by Crippen LogP contribution is -1.97. The van der Waals surface area contributed by atoms with Gasteiger partial charge in [0.05, 0.1) is 27.9 Å². The highest BCUT2D eigenvalue weighted by atomic mass is 14.9. The second-order valence-corrected chi connectivity index (χ2v) is 11.1.